The van der Waals surface area contributed by atoms with E-state index in [4.69, 9.17) is 5.73 Å². The van der Waals surface area contributed by atoms with E-state index < -0.39 is 0 Å². The fourth-order valence-electron chi connectivity index (χ4n) is 1.05. The lowest BCUT2D eigenvalue weighted by Crippen LogP contribution is -2.11. The minimum atomic E-state index is -0.225. The molecule has 72 valence electrons. The molecule has 0 aromatic carbocycles. The smallest absolute Gasteiger partial charge is 0.307 e. The van der Waals surface area contributed by atoms with Gasteiger partial charge in [0, 0.05) is 18.9 Å². The Morgan fingerprint density at radius 2 is 2.54 bits per heavy atom. The monoisotopic (exact) mass is 183 g/mol. The van der Waals surface area contributed by atoms with Crippen molar-refractivity contribution in [1.82, 2.24) is 9.55 Å². The largest absolute Gasteiger partial charge is 0.469 e. The fraction of sp³-hybridized carbons (Fsp3) is 0.500. The molecule has 13 heavy (non-hydrogen) atoms. The van der Waals surface area contributed by atoms with Crippen LogP contribution >= 0.6 is 0 Å². The molecule has 2 N–H and O–H groups in total. The Morgan fingerprint density at radius 3 is 3.15 bits per heavy atom. The van der Waals surface area contributed by atoms with E-state index in [1.54, 1.807) is 12.4 Å². The Balaban J connectivity index is 2.49. The van der Waals surface area contributed by atoms with Gasteiger partial charge < -0.3 is 15.0 Å². The lowest BCUT2D eigenvalue weighted by Gasteiger charge is -2.04. The Morgan fingerprint density at radius 1 is 1.77 bits per heavy atom. The van der Waals surface area contributed by atoms with Crippen LogP contribution in [0.3, 0.4) is 0 Å². The topological polar surface area (TPSA) is 70.1 Å². The summed E-state index contributed by atoms with van der Waals surface area (Å²) in [5, 5.41) is 0. The number of imidazole rings is 1. The summed E-state index contributed by atoms with van der Waals surface area (Å²) in [4.78, 5) is 14.8. The number of nitrogens with two attached hydrogens (primary N) is 1. The molecule has 0 spiro atoms. The van der Waals surface area contributed by atoms with Crippen molar-refractivity contribution >= 4 is 5.97 Å². The van der Waals surface area contributed by atoms with Gasteiger partial charge in [-0.05, 0) is 0 Å². The van der Waals surface area contributed by atoms with Crippen LogP contribution in [0.25, 0.3) is 0 Å². The van der Waals surface area contributed by atoms with E-state index in [-0.39, 0.29) is 5.97 Å². The van der Waals surface area contributed by atoms with Crippen molar-refractivity contribution in [3.05, 3.63) is 18.2 Å². The van der Waals surface area contributed by atoms with Crippen LogP contribution in [-0.4, -0.2) is 22.6 Å². The zero-order chi connectivity index (χ0) is 9.68. The predicted molar refractivity (Wildman–Crippen MR) is 46.8 cm³/mol. The van der Waals surface area contributed by atoms with Crippen molar-refractivity contribution < 1.29 is 9.53 Å². The number of methoxy groups -OCH3 is 1. The summed E-state index contributed by atoms with van der Waals surface area (Å²) in [6, 6.07) is 0. The van der Waals surface area contributed by atoms with Crippen LogP contribution in [0.15, 0.2) is 12.4 Å². The third-order valence-electron chi connectivity index (χ3n) is 1.77. The number of ether oxygens (including phenoxy) is 1. The number of carbonyl (C=O) groups excluding carboxylic acids is 1. The summed E-state index contributed by atoms with van der Waals surface area (Å²) in [6.07, 6.45) is 3.81. The molecule has 0 unspecified atom stereocenters. The minimum Gasteiger partial charge on any atom is -0.469 e. The molecule has 0 atom stereocenters. The highest BCUT2D eigenvalue weighted by atomic mass is 16.5. The molecule has 0 aliphatic heterocycles. The van der Waals surface area contributed by atoms with E-state index in [1.807, 2.05) is 4.57 Å². The van der Waals surface area contributed by atoms with Crippen molar-refractivity contribution in [2.75, 3.05) is 7.11 Å². The highest BCUT2D eigenvalue weighted by Gasteiger charge is 2.03. The summed E-state index contributed by atoms with van der Waals surface area (Å²) >= 11 is 0. The molecule has 0 radical (unpaired) electrons. The van der Waals surface area contributed by atoms with E-state index in [2.05, 4.69) is 9.72 Å². The maximum atomic E-state index is 10.8. The van der Waals surface area contributed by atoms with E-state index in [0.717, 1.165) is 5.82 Å². The number of rotatable bonds is 4. The second-order valence-electron chi connectivity index (χ2n) is 2.57. The normalized spacial score (nSPS) is 10.0. The Kier molecular flexibility index (Phi) is 3.45. The SMILES string of the molecule is COC(=O)CCn1ccnc1CN. The van der Waals surface area contributed by atoms with Crippen LogP contribution in [0.1, 0.15) is 12.2 Å². The zero-order valence-corrected chi connectivity index (χ0v) is 7.56. The molecule has 1 heterocycles. The van der Waals surface area contributed by atoms with Crippen LogP contribution in [0, 0.1) is 0 Å². The van der Waals surface area contributed by atoms with Gasteiger partial charge >= 0.3 is 5.97 Å². The van der Waals surface area contributed by atoms with Crippen LogP contribution < -0.4 is 5.73 Å². The second-order valence-corrected chi connectivity index (χ2v) is 2.57. The summed E-state index contributed by atoms with van der Waals surface area (Å²) in [6.45, 7) is 0.952. The van der Waals surface area contributed by atoms with Crippen molar-refractivity contribution in [3.8, 4) is 0 Å². The maximum Gasteiger partial charge on any atom is 0.307 e. The number of carbonyl (C=O) groups is 1. The van der Waals surface area contributed by atoms with Crippen molar-refractivity contribution in [2.24, 2.45) is 5.73 Å². The summed E-state index contributed by atoms with van der Waals surface area (Å²) in [5.41, 5.74) is 5.43. The molecule has 1 aromatic heterocycles. The van der Waals surface area contributed by atoms with Gasteiger partial charge in [0.1, 0.15) is 5.82 Å². The van der Waals surface area contributed by atoms with Gasteiger partial charge in [0.25, 0.3) is 0 Å². The van der Waals surface area contributed by atoms with E-state index >= 15 is 0 Å². The van der Waals surface area contributed by atoms with E-state index in [1.165, 1.54) is 7.11 Å². The first-order chi connectivity index (χ1) is 6.27. The Hall–Kier alpha value is -1.36. The molecule has 0 amide bonds. The van der Waals surface area contributed by atoms with Crippen molar-refractivity contribution in [2.45, 2.75) is 19.5 Å². The average Bonchev–Trinajstić information content (AvgIpc) is 2.61. The second kappa shape index (κ2) is 4.61. The molecule has 0 saturated carbocycles. The van der Waals surface area contributed by atoms with Gasteiger partial charge in [0.15, 0.2) is 0 Å². The molecule has 0 aliphatic carbocycles. The van der Waals surface area contributed by atoms with Gasteiger partial charge in [0.05, 0.1) is 20.1 Å². The van der Waals surface area contributed by atoms with E-state index in [9.17, 15) is 4.79 Å². The lowest BCUT2D eigenvalue weighted by atomic mass is 10.4. The van der Waals surface area contributed by atoms with Gasteiger partial charge in [0.2, 0.25) is 0 Å². The highest BCUT2D eigenvalue weighted by Crippen LogP contribution is 1.98. The van der Waals surface area contributed by atoms with Gasteiger partial charge in [-0.2, -0.15) is 0 Å². The maximum absolute atomic E-state index is 10.8. The molecule has 0 fully saturated rings. The van der Waals surface area contributed by atoms with Gasteiger partial charge in [-0.3, -0.25) is 4.79 Å². The molecule has 0 bridgehead atoms. The molecule has 5 nitrogen and oxygen atoms in total. The number of aryl methyl sites for hydroxylation is 1. The third-order valence-corrected chi connectivity index (χ3v) is 1.77. The fourth-order valence-corrected chi connectivity index (χ4v) is 1.05. The third kappa shape index (κ3) is 2.55. The highest BCUT2D eigenvalue weighted by molar-refractivity contribution is 5.68. The molecule has 0 aliphatic rings. The van der Waals surface area contributed by atoms with Crippen LogP contribution in [0.5, 0.6) is 0 Å². The molecule has 0 saturated heterocycles. The van der Waals surface area contributed by atoms with Crippen LogP contribution in [-0.2, 0) is 22.6 Å². The summed E-state index contributed by atoms with van der Waals surface area (Å²) < 4.78 is 6.36. The minimum absolute atomic E-state index is 0.225. The molecular formula is C8H13N3O2. The first-order valence-corrected chi connectivity index (χ1v) is 4.05. The van der Waals surface area contributed by atoms with Crippen molar-refractivity contribution in [3.63, 3.8) is 0 Å². The van der Waals surface area contributed by atoms with E-state index in [0.29, 0.717) is 19.5 Å². The number of esters is 1. The van der Waals surface area contributed by atoms with Crippen LogP contribution in [0.2, 0.25) is 0 Å². The Bertz CT molecular complexity index is 283. The Labute approximate surface area is 76.5 Å². The average molecular weight is 183 g/mol. The molecule has 5 heteroatoms. The van der Waals surface area contributed by atoms with Gasteiger partial charge in [-0.15, -0.1) is 0 Å². The standard InChI is InChI=1S/C8H13N3O2/c1-13-8(12)2-4-11-5-3-10-7(11)6-9/h3,5H,2,4,6,9H2,1H3. The molecule has 1 rings (SSSR count). The quantitative estimate of drug-likeness (QED) is 0.662. The zero-order valence-electron chi connectivity index (χ0n) is 7.56. The number of hydrogen-bond donors (Lipinski definition) is 1. The summed E-state index contributed by atoms with van der Waals surface area (Å²) in [7, 11) is 1.38. The lowest BCUT2D eigenvalue weighted by molar-refractivity contribution is -0.140. The number of hydrogen-bond acceptors (Lipinski definition) is 4. The first kappa shape index (κ1) is 9.73. The number of nitrogens with zero attached hydrogens (tertiary/aromatic N) is 2. The van der Waals surface area contributed by atoms with Crippen molar-refractivity contribution in [1.29, 1.82) is 0 Å². The molecule has 1 aromatic rings. The number of aromatic nitrogens is 2. The summed E-state index contributed by atoms with van der Waals surface area (Å²) in [5.74, 6) is 0.556. The predicted octanol–water partition coefficient (Wildman–Crippen LogP) is -0.0951. The molecular weight excluding hydrogens is 170 g/mol. The van der Waals surface area contributed by atoms with Gasteiger partial charge in [-0.1, -0.05) is 0 Å². The van der Waals surface area contributed by atoms with Gasteiger partial charge in [-0.25, -0.2) is 4.98 Å². The van der Waals surface area contributed by atoms with Crippen LogP contribution in [0.4, 0.5) is 0 Å². The first-order valence-electron chi connectivity index (χ1n) is 4.05.